The number of unbranched alkanes of at least 4 members (excludes halogenated alkanes) is 7. The molecule has 1 aliphatic carbocycles. The average Bonchev–Trinajstić information content (AvgIpc) is 2.53. The Balaban J connectivity index is 2.04. The van der Waals surface area contributed by atoms with E-state index in [1.165, 1.54) is 38.5 Å². The Kier molecular flexibility index (Phi) is 11.1. The second-order valence-electron chi connectivity index (χ2n) is 7.02. The van der Waals surface area contributed by atoms with Crippen molar-refractivity contribution in [3.63, 3.8) is 0 Å². The van der Waals surface area contributed by atoms with Crippen molar-refractivity contribution < 1.29 is 14.6 Å². The first-order valence-electron chi connectivity index (χ1n) is 9.65. The molecule has 0 aromatic carbocycles. The Morgan fingerprint density at radius 1 is 1.13 bits per heavy atom. The number of allylic oxidation sites excluding steroid dienone is 1. The zero-order valence-corrected chi connectivity index (χ0v) is 15.0. The van der Waals surface area contributed by atoms with Crippen LogP contribution in [0.15, 0.2) is 12.7 Å². The first kappa shape index (κ1) is 20.2. The lowest BCUT2D eigenvalue weighted by Crippen LogP contribution is -2.37. The Hall–Kier alpha value is -0.830. The average molecular weight is 325 g/mol. The van der Waals surface area contributed by atoms with Crippen molar-refractivity contribution in [2.75, 3.05) is 0 Å². The lowest BCUT2D eigenvalue weighted by atomic mass is 9.83. The minimum Gasteiger partial charge on any atom is -0.460 e. The van der Waals surface area contributed by atoms with Crippen LogP contribution in [0.25, 0.3) is 0 Å². The van der Waals surface area contributed by atoms with Crippen molar-refractivity contribution in [2.45, 2.75) is 103 Å². The first-order valence-corrected chi connectivity index (χ1v) is 9.65. The molecule has 0 heterocycles. The molecule has 0 aromatic heterocycles. The van der Waals surface area contributed by atoms with Crippen molar-refractivity contribution in [3.05, 3.63) is 12.7 Å². The number of carbonyl (C=O) groups excluding carboxylic acids is 1. The molecule has 0 saturated heterocycles. The van der Waals surface area contributed by atoms with Crippen molar-refractivity contribution >= 4 is 5.97 Å². The molecule has 1 rings (SSSR count). The summed E-state index contributed by atoms with van der Waals surface area (Å²) in [4.78, 5) is 11.9. The van der Waals surface area contributed by atoms with E-state index in [4.69, 9.17) is 4.74 Å². The fourth-order valence-electron chi connectivity index (χ4n) is 3.42. The van der Waals surface area contributed by atoms with Crippen molar-refractivity contribution in [3.8, 4) is 0 Å². The lowest BCUT2D eigenvalue weighted by molar-refractivity contribution is -0.158. The molecule has 0 radical (unpaired) electrons. The number of hydrogen-bond acceptors (Lipinski definition) is 3. The van der Waals surface area contributed by atoms with Crippen molar-refractivity contribution in [2.24, 2.45) is 5.92 Å². The third-order valence-corrected chi connectivity index (χ3v) is 4.88. The van der Waals surface area contributed by atoms with E-state index in [0.717, 1.165) is 38.5 Å². The fourth-order valence-corrected chi connectivity index (χ4v) is 3.42. The quantitative estimate of drug-likeness (QED) is 0.306. The van der Waals surface area contributed by atoms with Crippen LogP contribution in [-0.2, 0) is 9.53 Å². The van der Waals surface area contributed by atoms with Gasteiger partial charge in [0.1, 0.15) is 6.10 Å². The molecule has 134 valence electrons. The lowest BCUT2D eigenvalue weighted by Gasteiger charge is -2.32. The van der Waals surface area contributed by atoms with E-state index in [1.54, 1.807) is 0 Å². The van der Waals surface area contributed by atoms with Crippen LogP contribution in [-0.4, -0.2) is 23.3 Å². The zero-order valence-electron chi connectivity index (χ0n) is 15.0. The summed E-state index contributed by atoms with van der Waals surface area (Å²) in [5.41, 5.74) is 0. The topological polar surface area (TPSA) is 46.5 Å². The molecule has 3 nitrogen and oxygen atoms in total. The SMILES string of the molecule is C=CCC1CCC(OC(=O)CCCCCCCCCC)C(O)C1. The molecule has 0 aromatic rings. The van der Waals surface area contributed by atoms with Gasteiger partial charge in [0.05, 0.1) is 6.10 Å². The van der Waals surface area contributed by atoms with Crippen molar-refractivity contribution in [1.82, 2.24) is 0 Å². The van der Waals surface area contributed by atoms with Crippen LogP contribution in [0.3, 0.4) is 0 Å². The van der Waals surface area contributed by atoms with E-state index in [-0.39, 0.29) is 12.1 Å². The van der Waals surface area contributed by atoms with Gasteiger partial charge in [-0.25, -0.2) is 0 Å². The zero-order chi connectivity index (χ0) is 16.9. The Labute approximate surface area is 142 Å². The molecule has 1 aliphatic rings. The molecule has 3 unspecified atom stereocenters. The van der Waals surface area contributed by atoms with Gasteiger partial charge in [-0.3, -0.25) is 4.79 Å². The molecule has 3 heteroatoms. The van der Waals surface area contributed by atoms with Crippen LogP contribution < -0.4 is 0 Å². The van der Waals surface area contributed by atoms with Gasteiger partial charge in [0.2, 0.25) is 0 Å². The van der Waals surface area contributed by atoms with Gasteiger partial charge in [-0.15, -0.1) is 6.58 Å². The van der Waals surface area contributed by atoms with Crippen LogP contribution in [0.5, 0.6) is 0 Å². The summed E-state index contributed by atoms with van der Waals surface area (Å²) in [5.74, 6) is 0.354. The van der Waals surface area contributed by atoms with Gasteiger partial charge in [-0.05, 0) is 38.0 Å². The van der Waals surface area contributed by atoms with E-state index < -0.39 is 6.10 Å². The van der Waals surface area contributed by atoms with Gasteiger partial charge in [0.25, 0.3) is 0 Å². The van der Waals surface area contributed by atoms with Gasteiger partial charge in [0.15, 0.2) is 0 Å². The van der Waals surface area contributed by atoms with Crippen LogP contribution in [0.1, 0.15) is 90.4 Å². The van der Waals surface area contributed by atoms with Gasteiger partial charge < -0.3 is 9.84 Å². The van der Waals surface area contributed by atoms with E-state index in [0.29, 0.717) is 12.3 Å². The highest BCUT2D eigenvalue weighted by atomic mass is 16.6. The minimum atomic E-state index is -0.504. The third-order valence-electron chi connectivity index (χ3n) is 4.88. The molecule has 3 atom stereocenters. The monoisotopic (exact) mass is 324 g/mol. The summed E-state index contributed by atoms with van der Waals surface area (Å²) in [6.07, 6.45) is 14.9. The summed E-state index contributed by atoms with van der Waals surface area (Å²) >= 11 is 0. The highest BCUT2D eigenvalue weighted by Gasteiger charge is 2.30. The van der Waals surface area contributed by atoms with E-state index in [1.807, 2.05) is 6.08 Å². The Morgan fingerprint density at radius 2 is 1.78 bits per heavy atom. The number of esters is 1. The van der Waals surface area contributed by atoms with E-state index in [2.05, 4.69) is 13.5 Å². The Morgan fingerprint density at radius 3 is 2.39 bits per heavy atom. The third kappa shape index (κ3) is 9.14. The molecule has 0 bridgehead atoms. The number of rotatable bonds is 12. The van der Waals surface area contributed by atoms with E-state index >= 15 is 0 Å². The number of aliphatic hydroxyl groups excluding tert-OH is 1. The summed E-state index contributed by atoms with van der Waals surface area (Å²) in [6, 6.07) is 0. The second kappa shape index (κ2) is 12.6. The largest absolute Gasteiger partial charge is 0.460 e. The molecule has 1 N–H and O–H groups in total. The maximum Gasteiger partial charge on any atom is 0.306 e. The standard InChI is InChI=1S/C20H36O3/c1-3-5-6-7-8-9-10-11-13-20(22)23-19-15-14-17(12-4-2)16-18(19)21/h4,17-19,21H,2-3,5-16H2,1H3. The van der Waals surface area contributed by atoms with Gasteiger partial charge in [-0.1, -0.05) is 57.9 Å². The van der Waals surface area contributed by atoms with Gasteiger partial charge >= 0.3 is 5.97 Å². The fraction of sp³-hybridized carbons (Fsp3) is 0.850. The van der Waals surface area contributed by atoms with Crippen LogP contribution in [0.2, 0.25) is 0 Å². The summed E-state index contributed by atoms with van der Waals surface area (Å²) in [5, 5.41) is 10.1. The summed E-state index contributed by atoms with van der Waals surface area (Å²) < 4.78 is 5.47. The van der Waals surface area contributed by atoms with E-state index in [9.17, 15) is 9.90 Å². The molecular weight excluding hydrogens is 288 g/mol. The molecule has 1 fully saturated rings. The minimum absolute atomic E-state index is 0.137. The summed E-state index contributed by atoms with van der Waals surface area (Å²) in [7, 11) is 0. The Bertz CT molecular complexity index is 327. The van der Waals surface area contributed by atoms with Crippen molar-refractivity contribution in [1.29, 1.82) is 0 Å². The first-order chi connectivity index (χ1) is 11.2. The van der Waals surface area contributed by atoms with Gasteiger partial charge in [-0.2, -0.15) is 0 Å². The second-order valence-corrected chi connectivity index (χ2v) is 7.02. The number of carbonyl (C=O) groups is 1. The highest BCUT2D eigenvalue weighted by Crippen LogP contribution is 2.29. The highest BCUT2D eigenvalue weighted by molar-refractivity contribution is 5.69. The maximum absolute atomic E-state index is 11.9. The van der Waals surface area contributed by atoms with Gasteiger partial charge in [0, 0.05) is 6.42 Å². The predicted octanol–water partition coefficient (Wildman–Crippen LogP) is 5.17. The van der Waals surface area contributed by atoms with Crippen LogP contribution >= 0.6 is 0 Å². The molecule has 0 spiro atoms. The molecule has 1 saturated carbocycles. The number of hydrogen-bond donors (Lipinski definition) is 1. The molecule has 0 amide bonds. The molecule has 0 aliphatic heterocycles. The number of aliphatic hydroxyl groups is 1. The molecular formula is C20H36O3. The predicted molar refractivity (Wildman–Crippen MR) is 95.3 cm³/mol. The van der Waals surface area contributed by atoms with Crippen LogP contribution in [0, 0.1) is 5.92 Å². The smallest absolute Gasteiger partial charge is 0.306 e. The molecule has 23 heavy (non-hydrogen) atoms. The van der Waals surface area contributed by atoms with Crippen LogP contribution in [0.4, 0.5) is 0 Å². The summed E-state index contributed by atoms with van der Waals surface area (Å²) in [6.45, 7) is 5.98. The number of ether oxygens (including phenoxy) is 1. The maximum atomic E-state index is 11.9. The normalized spacial score (nSPS) is 24.3.